The van der Waals surface area contributed by atoms with Gasteiger partial charge >= 0.3 is 5.97 Å². The summed E-state index contributed by atoms with van der Waals surface area (Å²) in [4.78, 5) is 43.7. The fraction of sp³-hybridized carbons (Fsp3) is 0.379. The van der Waals surface area contributed by atoms with Crippen LogP contribution in [0.5, 0.6) is 0 Å². The number of aryl methyl sites for hydroxylation is 1. The molecule has 0 saturated heterocycles. The first kappa shape index (κ1) is 25.2. The third-order valence-electron chi connectivity index (χ3n) is 8.16. The summed E-state index contributed by atoms with van der Waals surface area (Å²) in [7, 11) is 0. The van der Waals surface area contributed by atoms with Crippen LogP contribution < -0.4 is 10.9 Å². The molecule has 39 heavy (non-hydrogen) atoms. The van der Waals surface area contributed by atoms with E-state index in [0.717, 1.165) is 22.1 Å². The van der Waals surface area contributed by atoms with Gasteiger partial charge in [-0.2, -0.15) is 0 Å². The highest BCUT2D eigenvalue weighted by atomic mass is 19.1. The van der Waals surface area contributed by atoms with Crippen molar-refractivity contribution in [3.8, 4) is 11.4 Å². The van der Waals surface area contributed by atoms with Crippen LogP contribution in [-0.4, -0.2) is 33.1 Å². The Balaban J connectivity index is 1.58. The number of ether oxygens (including phenoxy) is 2. The number of cyclic esters (lactones) is 1. The van der Waals surface area contributed by atoms with Crippen LogP contribution in [0.2, 0.25) is 0 Å². The minimum atomic E-state index is -1.95. The van der Waals surface area contributed by atoms with E-state index < -0.39 is 17.6 Å². The Morgan fingerprint density at radius 2 is 2.10 bits per heavy atom. The summed E-state index contributed by atoms with van der Waals surface area (Å²) in [6.45, 7) is 8.45. The van der Waals surface area contributed by atoms with Crippen molar-refractivity contribution in [2.45, 2.75) is 64.8 Å². The van der Waals surface area contributed by atoms with E-state index in [0.29, 0.717) is 41.1 Å². The Kier molecular flexibility index (Phi) is 5.65. The molecule has 0 saturated carbocycles. The second-order valence-electron chi connectivity index (χ2n) is 10.5. The van der Waals surface area contributed by atoms with Crippen molar-refractivity contribution in [1.29, 1.82) is 0 Å². The summed E-state index contributed by atoms with van der Waals surface area (Å²) >= 11 is 0. The third-order valence-corrected chi connectivity index (χ3v) is 8.16. The number of amides is 1. The van der Waals surface area contributed by atoms with Gasteiger partial charge in [0.15, 0.2) is 12.2 Å². The van der Waals surface area contributed by atoms with E-state index >= 15 is 0 Å². The number of aromatic nitrogens is 2. The smallest absolute Gasteiger partial charge is 0.343 e. The Bertz CT molecular complexity index is 1690. The Morgan fingerprint density at radius 1 is 1.33 bits per heavy atom. The zero-order chi connectivity index (χ0) is 27.8. The molecule has 0 spiro atoms. The van der Waals surface area contributed by atoms with Crippen molar-refractivity contribution in [2.24, 2.45) is 0 Å². The topological polar surface area (TPSA) is 120 Å². The second kappa shape index (κ2) is 8.74. The molecule has 2 unspecified atom stereocenters. The van der Waals surface area contributed by atoms with Crippen LogP contribution >= 0.6 is 0 Å². The van der Waals surface area contributed by atoms with Gasteiger partial charge in [-0.15, -0.1) is 0 Å². The van der Waals surface area contributed by atoms with Crippen LogP contribution in [0.1, 0.15) is 66.1 Å². The zero-order valence-corrected chi connectivity index (χ0v) is 21.9. The first-order chi connectivity index (χ1) is 18.5. The van der Waals surface area contributed by atoms with Crippen LogP contribution in [-0.2, 0) is 44.2 Å². The average Bonchev–Trinajstić information content (AvgIpc) is 3.27. The van der Waals surface area contributed by atoms with E-state index in [1.54, 1.807) is 31.4 Å². The normalized spacial score (nSPS) is 20.6. The fourth-order valence-electron chi connectivity index (χ4n) is 6.12. The third kappa shape index (κ3) is 3.61. The lowest BCUT2D eigenvalue weighted by atomic mass is 9.81. The van der Waals surface area contributed by atoms with Gasteiger partial charge in [0.1, 0.15) is 12.4 Å². The predicted octanol–water partition coefficient (Wildman–Crippen LogP) is 3.18. The Labute approximate surface area is 223 Å². The van der Waals surface area contributed by atoms with Gasteiger partial charge in [0.25, 0.3) is 11.5 Å². The largest absolute Gasteiger partial charge is 0.489 e. The van der Waals surface area contributed by atoms with Gasteiger partial charge in [-0.25, -0.2) is 14.2 Å². The maximum atomic E-state index is 15.0. The number of aliphatic hydroxyl groups is 1. The molecule has 2 aliphatic heterocycles. The van der Waals surface area contributed by atoms with E-state index in [2.05, 4.69) is 11.9 Å². The van der Waals surface area contributed by atoms with E-state index in [9.17, 15) is 23.9 Å². The van der Waals surface area contributed by atoms with Gasteiger partial charge in [-0.05, 0) is 55.9 Å². The number of rotatable bonds is 5. The number of pyridine rings is 2. The highest BCUT2D eigenvalue weighted by Gasteiger charge is 2.46. The molecule has 2 atom stereocenters. The van der Waals surface area contributed by atoms with Gasteiger partial charge in [0, 0.05) is 22.6 Å². The molecule has 1 amide bonds. The van der Waals surface area contributed by atoms with Gasteiger partial charge in [-0.3, -0.25) is 9.59 Å². The number of esters is 1. The van der Waals surface area contributed by atoms with Gasteiger partial charge in [0.2, 0.25) is 0 Å². The number of hydrogen-bond donors (Lipinski definition) is 2. The molecule has 1 aromatic carbocycles. The lowest BCUT2D eigenvalue weighted by molar-refractivity contribution is -0.172. The van der Waals surface area contributed by atoms with Crippen molar-refractivity contribution in [1.82, 2.24) is 14.9 Å². The molecule has 3 aliphatic rings. The van der Waals surface area contributed by atoms with Crippen molar-refractivity contribution >= 4 is 22.8 Å². The van der Waals surface area contributed by atoms with Gasteiger partial charge in [-0.1, -0.05) is 13.5 Å². The van der Waals surface area contributed by atoms with E-state index in [1.807, 2.05) is 0 Å². The number of nitrogens with zero attached hydrogens (tertiary/aromatic N) is 2. The van der Waals surface area contributed by atoms with Crippen molar-refractivity contribution in [2.75, 3.05) is 6.61 Å². The molecule has 0 radical (unpaired) electrons. The first-order valence-corrected chi connectivity index (χ1v) is 12.9. The van der Waals surface area contributed by atoms with Crippen LogP contribution in [0, 0.1) is 12.7 Å². The lowest BCUT2D eigenvalue weighted by Gasteiger charge is -2.31. The molecule has 1 aliphatic carbocycles. The van der Waals surface area contributed by atoms with Crippen molar-refractivity contribution in [3.05, 3.63) is 74.0 Å². The molecule has 2 aromatic heterocycles. The number of hydrogen-bond acceptors (Lipinski definition) is 7. The summed E-state index contributed by atoms with van der Waals surface area (Å²) in [6.07, 6.45) is 1.10. The molecule has 6 rings (SSSR count). The van der Waals surface area contributed by atoms with Crippen molar-refractivity contribution < 1.29 is 28.6 Å². The molecule has 10 heteroatoms. The molecule has 202 valence electrons. The highest BCUT2D eigenvalue weighted by Crippen LogP contribution is 2.45. The highest BCUT2D eigenvalue weighted by molar-refractivity contribution is 5.94. The summed E-state index contributed by atoms with van der Waals surface area (Å²) < 4.78 is 27.0. The molecule has 9 nitrogen and oxygen atoms in total. The van der Waals surface area contributed by atoms with Crippen molar-refractivity contribution in [3.63, 3.8) is 0 Å². The maximum absolute atomic E-state index is 15.0. The number of allylic oxidation sites excluding steroid dienone is 1. The summed E-state index contributed by atoms with van der Waals surface area (Å²) in [6, 6.07) is 2.59. The molecule has 2 N–H and O–H groups in total. The van der Waals surface area contributed by atoms with E-state index in [-0.39, 0.29) is 54.6 Å². The van der Waals surface area contributed by atoms with E-state index in [1.165, 1.54) is 6.07 Å². The van der Waals surface area contributed by atoms with Crippen LogP contribution in [0.4, 0.5) is 4.39 Å². The monoisotopic (exact) mass is 533 g/mol. The first-order valence-electron chi connectivity index (χ1n) is 12.9. The number of carbonyl (C=O) groups is 2. The second-order valence-corrected chi connectivity index (χ2v) is 10.5. The Morgan fingerprint density at radius 3 is 2.82 bits per heavy atom. The number of fused-ring (bicyclic) bond motifs is 5. The maximum Gasteiger partial charge on any atom is 0.343 e. The zero-order valence-electron chi connectivity index (χ0n) is 21.9. The number of benzene rings is 1. The van der Waals surface area contributed by atoms with Gasteiger partial charge < -0.3 is 24.5 Å². The molecule has 0 bridgehead atoms. The van der Waals surface area contributed by atoms with E-state index in [4.69, 9.17) is 14.5 Å². The molecular weight excluding hydrogens is 505 g/mol. The lowest BCUT2D eigenvalue weighted by Crippen LogP contribution is -2.44. The van der Waals surface area contributed by atoms with Crippen LogP contribution in [0.15, 0.2) is 29.3 Å². The average molecular weight is 534 g/mol. The SMILES string of the molecule is C=C(C)OCC(=O)NC1CCc2c(C)c(F)cc3nc4c(c1c23)Cn1c-4cc2c(c1=O)COC(=O)C2(O)CC. The predicted molar refractivity (Wildman–Crippen MR) is 139 cm³/mol. The summed E-state index contributed by atoms with van der Waals surface area (Å²) in [5.74, 6) is -1.08. The molecule has 0 fully saturated rings. The minimum Gasteiger partial charge on any atom is -0.489 e. The van der Waals surface area contributed by atoms with Crippen LogP contribution in [0.25, 0.3) is 22.3 Å². The number of halogens is 1. The molecule has 3 aromatic rings. The molecule has 4 heterocycles. The fourth-order valence-corrected chi connectivity index (χ4v) is 6.12. The number of nitrogens with one attached hydrogen (secondary N) is 1. The summed E-state index contributed by atoms with van der Waals surface area (Å²) in [5.41, 5.74) is 2.31. The standard InChI is InChI=1S/C29H28FN3O6/c1-5-29(37)18-8-22-26-16(10-33(22)27(35)17(18)11-39-28(29)36)25-20(31-23(34)12-38-13(2)3)7-6-15-14(4)19(30)9-21(32-26)24(15)25/h8-9,20,37H,2,5-7,10-12H2,1,3-4H3,(H,31,34). The van der Waals surface area contributed by atoms with Gasteiger partial charge in [0.05, 0.1) is 40.8 Å². The van der Waals surface area contributed by atoms with Crippen LogP contribution in [0.3, 0.4) is 0 Å². The molecular formula is C29H28FN3O6. The Hall–Kier alpha value is -4.05. The minimum absolute atomic E-state index is 0.0270. The number of carbonyl (C=O) groups excluding carboxylic acids is 2. The quantitative estimate of drug-likeness (QED) is 0.299. The summed E-state index contributed by atoms with van der Waals surface area (Å²) in [5, 5.41) is 15.0.